The fourth-order valence-electron chi connectivity index (χ4n) is 4.61. The third kappa shape index (κ3) is 3.24. The number of carbonyl (C=O) groups is 2. The summed E-state index contributed by atoms with van der Waals surface area (Å²) < 4.78 is 17.3. The third-order valence-corrected chi connectivity index (χ3v) is 5.62. The number of carbonyl (C=O) groups excluding carboxylic acids is 2. The Kier molecular flexibility index (Phi) is 5.65. The molecule has 2 saturated heterocycles. The minimum atomic E-state index is -0.960. The molecule has 0 bridgehead atoms. The average molecular weight is 364 g/mol. The van der Waals surface area contributed by atoms with Gasteiger partial charge in [0.05, 0.1) is 19.3 Å². The molecule has 7 heteroatoms. The number of fused-ring (bicyclic) bond motifs is 1. The third-order valence-electron chi connectivity index (χ3n) is 5.62. The Morgan fingerprint density at radius 3 is 2.92 bits per heavy atom. The van der Waals surface area contributed by atoms with E-state index in [1.165, 1.54) is 0 Å². The summed E-state index contributed by atoms with van der Waals surface area (Å²) in [5, 5.41) is 0. The predicted octanol–water partition coefficient (Wildman–Crippen LogP) is 2.06. The highest BCUT2D eigenvalue weighted by Crippen LogP contribution is 2.47. The summed E-state index contributed by atoms with van der Waals surface area (Å²) >= 11 is 0. The van der Waals surface area contributed by atoms with Crippen LogP contribution in [0, 0.1) is 5.92 Å². The van der Waals surface area contributed by atoms with Gasteiger partial charge in [0.1, 0.15) is 18.8 Å². The molecular weight excluding hydrogens is 336 g/mol. The first-order valence-electron chi connectivity index (χ1n) is 9.37. The Morgan fingerprint density at radius 1 is 1.46 bits per heavy atom. The van der Waals surface area contributed by atoms with Crippen LogP contribution in [0.25, 0.3) is 0 Å². The molecule has 0 saturated carbocycles. The zero-order valence-corrected chi connectivity index (χ0v) is 15.6. The van der Waals surface area contributed by atoms with Crippen molar-refractivity contribution < 1.29 is 23.8 Å². The summed E-state index contributed by atoms with van der Waals surface area (Å²) in [7, 11) is 1.57. The van der Waals surface area contributed by atoms with Gasteiger partial charge in [-0.15, -0.1) is 0 Å². The smallest absolute Gasteiger partial charge is 0.316 e. The van der Waals surface area contributed by atoms with Crippen LogP contribution in [0.2, 0.25) is 0 Å². The highest BCUT2D eigenvalue weighted by atomic mass is 16.6. The van der Waals surface area contributed by atoms with Crippen molar-refractivity contribution in [1.82, 2.24) is 4.90 Å². The number of hydrogen-bond acceptors (Lipinski definition) is 7. The molecule has 0 amide bonds. The summed E-state index contributed by atoms with van der Waals surface area (Å²) in [6.07, 6.45) is 6.97. The Bertz CT molecular complexity index is 592. The lowest BCUT2D eigenvalue weighted by atomic mass is 9.80. The maximum Gasteiger partial charge on any atom is 0.316 e. The number of nitrogens with zero attached hydrogens (tertiary/aromatic N) is 2. The second-order valence-corrected chi connectivity index (χ2v) is 7.27. The van der Waals surface area contributed by atoms with Crippen molar-refractivity contribution in [3.8, 4) is 0 Å². The molecule has 0 aromatic carbocycles. The molecule has 0 aromatic heterocycles. The lowest BCUT2D eigenvalue weighted by Crippen LogP contribution is -2.62. The zero-order chi connectivity index (χ0) is 18.7. The molecule has 3 aliphatic rings. The first-order valence-corrected chi connectivity index (χ1v) is 9.37. The summed E-state index contributed by atoms with van der Waals surface area (Å²) in [5.74, 6) is -0.861. The van der Waals surface area contributed by atoms with Crippen molar-refractivity contribution in [1.29, 1.82) is 0 Å². The number of methoxy groups -OCH3 is 1. The zero-order valence-electron chi connectivity index (χ0n) is 15.6. The van der Waals surface area contributed by atoms with E-state index in [1.807, 2.05) is 11.8 Å². The fourth-order valence-corrected chi connectivity index (χ4v) is 4.61. The van der Waals surface area contributed by atoms with Crippen molar-refractivity contribution in [2.45, 2.75) is 69.4 Å². The van der Waals surface area contributed by atoms with E-state index in [-0.39, 0.29) is 30.8 Å². The molecule has 0 N–H and O–H groups in total. The van der Waals surface area contributed by atoms with Crippen molar-refractivity contribution in [2.24, 2.45) is 10.9 Å². The Labute approximate surface area is 154 Å². The van der Waals surface area contributed by atoms with E-state index in [0.29, 0.717) is 18.9 Å². The number of rotatable bonds is 5. The van der Waals surface area contributed by atoms with Gasteiger partial charge in [0, 0.05) is 12.5 Å². The Balaban J connectivity index is 2.02. The van der Waals surface area contributed by atoms with Gasteiger partial charge < -0.3 is 23.9 Å². The van der Waals surface area contributed by atoms with Gasteiger partial charge in [0.2, 0.25) is 0 Å². The number of aliphatic imine (C=N–C) groups is 1. The van der Waals surface area contributed by atoms with Crippen molar-refractivity contribution >= 4 is 18.3 Å². The number of amidine groups is 1. The maximum absolute atomic E-state index is 13.0. The normalized spacial score (nSPS) is 36.2. The molecule has 0 unspecified atom stereocenters. The number of ether oxygens (including phenoxy) is 3. The summed E-state index contributed by atoms with van der Waals surface area (Å²) in [4.78, 5) is 30.8. The SMILES string of the molecule is C=CCOC(=O)[C@@H]1[C@H]2CC[C@@H](CC=O)N2C(OC)=N[C@@]12CCC[C@@H](C)O2. The van der Waals surface area contributed by atoms with E-state index in [4.69, 9.17) is 19.2 Å². The van der Waals surface area contributed by atoms with E-state index in [0.717, 1.165) is 32.0 Å². The number of esters is 1. The largest absolute Gasteiger partial charge is 0.468 e. The van der Waals surface area contributed by atoms with Gasteiger partial charge >= 0.3 is 5.97 Å². The standard InChI is InChI=1S/C19H28N2O5/c1-4-12-25-17(23)16-15-8-7-14(9-11-22)21(15)18(24-3)20-19(16)10-5-6-13(2)26-19/h4,11,13-16H,1,5-10,12H2,2-3H3/t13-,14+,15-,16+,19-/m1/s1. The molecule has 3 rings (SSSR count). The first kappa shape index (κ1) is 18.9. The molecule has 1 spiro atoms. The van der Waals surface area contributed by atoms with E-state index >= 15 is 0 Å². The molecule has 0 radical (unpaired) electrons. The number of hydrogen-bond donors (Lipinski definition) is 0. The van der Waals surface area contributed by atoms with Gasteiger partial charge in [-0.05, 0) is 39.0 Å². The Morgan fingerprint density at radius 2 is 2.27 bits per heavy atom. The van der Waals surface area contributed by atoms with E-state index in [2.05, 4.69) is 6.58 Å². The molecular formula is C19H28N2O5. The first-order chi connectivity index (χ1) is 12.6. The quantitative estimate of drug-likeness (QED) is 0.422. The van der Waals surface area contributed by atoms with Gasteiger partial charge in [0.15, 0.2) is 5.72 Å². The molecule has 3 aliphatic heterocycles. The van der Waals surface area contributed by atoms with Crippen LogP contribution in [0.5, 0.6) is 0 Å². The molecule has 5 atom stereocenters. The summed E-state index contributed by atoms with van der Waals surface area (Å²) in [6.45, 7) is 5.78. The fraction of sp³-hybridized carbons (Fsp3) is 0.737. The number of aldehydes is 1. The molecule has 0 aromatic rings. The highest BCUT2D eigenvalue weighted by Gasteiger charge is 2.59. The minimum absolute atomic E-state index is 0.00994. The van der Waals surface area contributed by atoms with E-state index in [9.17, 15) is 9.59 Å². The van der Waals surface area contributed by atoms with Crippen molar-refractivity contribution in [3.05, 3.63) is 12.7 Å². The molecule has 26 heavy (non-hydrogen) atoms. The van der Waals surface area contributed by atoms with Crippen molar-refractivity contribution in [2.75, 3.05) is 13.7 Å². The predicted molar refractivity (Wildman–Crippen MR) is 95.5 cm³/mol. The second-order valence-electron chi connectivity index (χ2n) is 7.27. The molecule has 7 nitrogen and oxygen atoms in total. The van der Waals surface area contributed by atoms with Crippen molar-refractivity contribution in [3.63, 3.8) is 0 Å². The van der Waals surface area contributed by atoms with Crippen LogP contribution in [-0.2, 0) is 23.8 Å². The summed E-state index contributed by atoms with van der Waals surface area (Å²) in [5.41, 5.74) is -0.960. The molecule has 144 valence electrons. The minimum Gasteiger partial charge on any atom is -0.468 e. The van der Waals surface area contributed by atoms with E-state index in [1.54, 1.807) is 13.2 Å². The van der Waals surface area contributed by atoms with Crippen LogP contribution in [0.3, 0.4) is 0 Å². The van der Waals surface area contributed by atoms with Crippen LogP contribution < -0.4 is 0 Å². The Hall–Kier alpha value is -1.89. The molecule has 2 fully saturated rings. The lowest BCUT2D eigenvalue weighted by Gasteiger charge is -2.49. The lowest BCUT2D eigenvalue weighted by molar-refractivity contribution is -0.191. The monoisotopic (exact) mass is 364 g/mol. The maximum atomic E-state index is 13.0. The van der Waals surface area contributed by atoms with Crippen LogP contribution in [-0.4, -0.2) is 60.8 Å². The van der Waals surface area contributed by atoms with Crippen LogP contribution in [0.4, 0.5) is 0 Å². The summed E-state index contributed by atoms with van der Waals surface area (Å²) in [6, 6.07) is 0.306. The second kappa shape index (κ2) is 7.78. The van der Waals surface area contributed by atoms with Crippen LogP contribution in [0.15, 0.2) is 17.6 Å². The van der Waals surface area contributed by atoms with Gasteiger partial charge in [-0.2, -0.15) is 4.99 Å². The molecule has 3 heterocycles. The van der Waals surface area contributed by atoms with Crippen LogP contribution >= 0.6 is 0 Å². The topological polar surface area (TPSA) is 77.4 Å². The highest BCUT2D eigenvalue weighted by molar-refractivity contribution is 5.82. The van der Waals surface area contributed by atoms with Gasteiger partial charge in [-0.1, -0.05) is 12.7 Å². The average Bonchev–Trinajstić information content (AvgIpc) is 3.02. The van der Waals surface area contributed by atoms with Crippen LogP contribution in [0.1, 0.15) is 45.4 Å². The van der Waals surface area contributed by atoms with Gasteiger partial charge in [-0.25, -0.2) is 0 Å². The van der Waals surface area contributed by atoms with E-state index < -0.39 is 11.6 Å². The van der Waals surface area contributed by atoms with Gasteiger partial charge in [-0.3, -0.25) is 4.79 Å². The molecule has 0 aliphatic carbocycles. The van der Waals surface area contributed by atoms with Gasteiger partial charge in [0.25, 0.3) is 6.02 Å².